The zero-order valence-corrected chi connectivity index (χ0v) is 17.8. The number of aromatic nitrogens is 3. The van der Waals surface area contributed by atoms with E-state index in [4.69, 9.17) is 0 Å². The molecule has 154 valence electrons. The van der Waals surface area contributed by atoms with Crippen LogP contribution in [0.4, 0.5) is 10.1 Å². The summed E-state index contributed by atoms with van der Waals surface area (Å²) in [7, 11) is 0. The van der Waals surface area contributed by atoms with Gasteiger partial charge in [0.15, 0.2) is 0 Å². The molecule has 0 aliphatic carbocycles. The zero-order valence-electron chi connectivity index (χ0n) is 17.0. The fourth-order valence-electron chi connectivity index (χ4n) is 4.19. The van der Waals surface area contributed by atoms with E-state index in [0.717, 1.165) is 54.5 Å². The fourth-order valence-corrected chi connectivity index (χ4v) is 4.19. The highest BCUT2D eigenvalue weighted by Gasteiger charge is 2.26. The number of nitrogens with one attached hydrogen (secondary N) is 1. The van der Waals surface area contributed by atoms with Gasteiger partial charge >= 0.3 is 0 Å². The summed E-state index contributed by atoms with van der Waals surface area (Å²) in [5.41, 5.74) is 6.50. The minimum atomic E-state index is -0.228. The second-order valence-electron chi connectivity index (χ2n) is 7.42. The Morgan fingerprint density at radius 1 is 1.03 bits per heavy atom. The average molecular weight is 416 g/mol. The Kier molecular flexibility index (Phi) is 6.55. The number of aromatic amines is 1. The molecule has 3 aromatic rings. The Balaban J connectivity index is 0.00000240. The molecule has 1 aromatic carbocycles. The second-order valence-corrected chi connectivity index (χ2v) is 7.42. The van der Waals surface area contributed by atoms with E-state index >= 15 is 0 Å². The molecule has 1 N–H and O–H groups in total. The first-order chi connectivity index (χ1) is 13.5. The molecule has 1 aliphatic heterocycles. The van der Waals surface area contributed by atoms with Crippen LogP contribution in [0.1, 0.15) is 29.9 Å². The van der Waals surface area contributed by atoms with E-state index in [1.165, 1.54) is 17.7 Å². The SMILES string of the molecule is Cc1n[nH]c(C)c1C(C)N1CCN(c2cccnc2-c2ccc(F)cc2)CC1.Cl. The lowest BCUT2D eigenvalue weighted by molar-refractivity contribution is 0.197. The number of rotatable bonds is 4. The van der Waals surface area contributed by atoms with E-state index in [2.05, 4.69) is 51.8 Å². The van der Waals surface area contributed by atoms with Crippen molar-refractivity contribution in [1.82, 2.24) is 20.1 Å². The highest BCUT2D eigenvalue weighted by molar-refractivity contribution is 5.85. The quantitative estimate of drug-likeness (QED) is 0.680. The Morgan fingerprint density at radius 2 is 1.72 bits per heavy atom. The topological polar surface area (TPSA) is 48.1 Å². The van der Waals surface area contributed by atoms with Crippen LogP contribution in [0.25, 0.3) is 11.3 Å². The van der Waals surface area contributed by atoms with Crippen molar-refractivity contribution in [1.29, 1.82) is 0 Å². The monoisotopic (exact) mass is 415 g/mol. The summed E-state index contributed by atoms with van der Waals surface area (Å²) >= 11 is 0. The summed E-state index contributed by atoms with van der Waals surface area (Å²) in [6.45, 7) is 10.2. The second kappa shape index (κ2) is 8.93. The first kappa shape index (κ1) is 21.3. The Morgan fingerprint density at radius 3 is 2.34 bits per heavy atom. The lowest BCUT2D eigenvalue weighted by Gasteiger charge is -2.39. The number of hydrogen-bond acceptors (Lipinski definition) is 4. The number of pyridine rings is 1. The van der Waals surface area contributed by atoms with Gasteiger partial charge < -0.3 is 4.90 Å². The molecule has 0 bridgehead atoms. The maximum Gasteiger partial charge on any atom is 0.123 e. The number of piperazine rings is 1. The van der Waals surface area contributed by atoms with Gasteiger partial charge in [0.1, 0.15) is 5.82 Å². The molecule has 0 radical (unpaired) electrons. The summed E-state index contributed by atoms with van der Waals surface area (Å²) in [4.78, 5) is 9.47. The standard InChI is InChI=1S/C22H26FN5.ClH/c1-15-21(16(2)26-25-15)17(3)27-11-13-28(14-12-27)20-5-4-10-24-22(20)18-6-8-19(23)9-7-18;/h4-10,17H,11-14H2,1-3H3,(H,25,26);1H. The van der Waals surface area contributed by atoms with Gasteiger partial charge in [-0.3, -0.25) is 15.0 Å². The van der Waals surface area contributed by atoms with Crippen LogP contribution < -0.4 is 4.90 Å². The predicted octanol–water partition coefficient (Wildman–Crippen LogP) is 4.53. The molecular weight excluding hydrogens is 389 g/mol. The van der Waals surface area contributed by atoms with Gasteiger partial charge in [-0.2, -0.15) is 5.10 Å². The molecule has 1 unspecified atom stereocenters. The summed E-state index contributed by atoms with van der Waals surface area (Å²) in [5, 5.41) is 7.45. The van der Waals surface area contributed by atoms with Gasteiger partial charge in [0, 0.05) is 55.2 Å². The molecule has 0 spiro atoms. The van der Waals surface area contributed by atoms with Crippen LogP contribution in [0.5, 0.6) is 0 Å². The molecule has 7 heteroatoms. The fraction of sp³-hybridized carbons (Fsp3) is 0.364. The van der Waals surface area contributed by atoms with Crippen molar-refractivity contribution in [2.75, 3.05) is 31.1 Å². The molecule has 3 heterocycles. The van der Waals surface area contributed by atoms with Crippen LogP contribution >= 0.6 is 12.4 Å². The van der Waals surface area contributed by atoms with Gasteiger partial charge in [-0.25, -0.2) is 4.39 Å². The summed E-state index contributed by atoms with van der Waals surface area (Å²) < 4.78 is 13.3. The Bertz CT molecular complexity index is 929. The first-order valence-electron chi connectivity index (χ1n) is 9.76. The third kappa shape index (κ3) is 4.28. The number of halogens is 2. The molecule has 1 atom stereocenters. The van der Waals surface area contributed by atoms with Crippen LogP contribution in [0.15, 0.2) is 42.6 Å². The van der Waals surface area contributed by atoms with E-state index in [1.807, 2.05) is 6.07 Å². The summed E-state index contributed by atoms with van der Waals surface area (Å²) in [5.74, 6) is -0.228. The number of aryl methyl sites for hydroxylation is 2. The molecule has 2 aromatic heterocycles. The zero-order chi connectivity index (χ0) is 19.7. The van der Waals surface area contributed by atoms with Crippen LogP contribution in [0.3, 0.4) is 0 Å². The third-order valence-electron chi connectivity index (χ3n) is 5.71. The summed E-state index contributed by atoms with van der Waals surface area (Å²) in [6, 6.07) is 11.0. The maximum absolute atomic E-state index is 13.3. The van der Waals surface area contributed by atoms with Crippen molar-refractivity contribution in [3.05, 3.63) is 65.4 Å². The van der Waals surface area contributed by atoms with E-state index in [9.17, 15) is 4.39 Å². The van der Waals surface area contributed by atoms with Gasteiger partial charge in [-0.15, -0.1) is 12.4 Å². The number of benzene rings is 1. The van der Waals surface area contributed by atoms with Crippen LogP contribution in [-0.4, -0.2) is 46.3 Å². The van der Waals surface area contributed by atoms with Crippen molar-refractivity contribution in [3.8, 4) is 11.3 Å². The average Bonchev–Trinajstić information content (AvgIpc) is 3.06. The molecule has 5 nitrogen and oxygen atoms in total. The van der Waals surface area contributed by atoms with Gasteiger partial charge in [0.05, 0.1) is 17.1 Å². The molecule has 4 rings (SSSR count). The highest BCUT2D eigenvalue weighted by Crippen LogP contribution is 2.31. The van der Waals surface area contributed by atoms with E-state index in [-0.39, 0.29) is 18.2 Å². The molecule has 1 aliphatic rings. The minimum absolute atomic E-state index is 0. The number of H-pyrrole nitrogens is 1. The molecule has 29 heavy (non-hydrogen) atoms. The van der Waals surface area contributed by atoms with E-state index in [0.29, 0.717) is 6.04 Å². The highest BCUT2D eigenvalue weighted by atomic mass is 35.5. The van der Waals surface area contributed by atoms with Crippen LogP contribution in [0, 0.1) is 19.7 Å². The van der Waals surface area contributed by atoms with Crippen molar-refractivity contribution in [3.63, 3.8) is 0 Å². The first-order valence-corrected chi connectivity index (χ1v) is 9.76. The Hall–Kier alpha value is -2.44. The lowest BCUT2D eigenvalue weighted by atomic mass is 10.0. The van der Waals surface area contributed by atoms with Crippen molar-refractivity contribution >= 4 is 18.1 Å². The molecule has 1 fully saturated rings. The van der Waals surface area contributed by atoms with Gasteiger partial charge in [0.2, 0.25) is 0 Å². The van der Waals surface area contributed by atoms with Gasteiger partial charge in [0.25, 0.3) is 0 Å². The van der Waals surface area contributed by atoms with Crippen molar-refractivity contribution < 1.29 is 4.39 Å². The third-order valence-corrected chi connectivity index (χ3v) is 5.71. The lowest BCUT2D eigenvalue weighted by Crippen LogP contribution is -2.47. The van der Waals surface area contributed by atoms with E-state index in [1.54, 1.807) is 18.3 Å². The largest absolute Gasteiger partial charge is 0.367 e. The summed E-state index contributed by atoms with van der Waals surface area (Å²) in [6.07, 6.45) is 1.80. The normalized spacial score (nSPS) is 15.8. The minimum Gasteiger partial charge on any atom is -0.367 e. The molecule has 1 saturated heterocycles. The van der Waals surface area contributed by atoms with Crippen LogP contribution in [0.2, 0.25) is 0 Å². The van der Waals surface area contributed by atoms with E-state index < -0.39 is 0 Å². The van der Waals surface area contributed by atoms with Gasteiger partial charge in [-0.05, 0) is 57.2 Å². The molecule has 0 saturated carbocycles. The smallest absolute Gasteiger partial charge is 0.123 e. The van der Waals surface area contributed by atoms with Crippen molar-refractivity contribution in [2.45, 2.75) is 26.8 Å². The molecular formula is C22H27ClFN5. The van der Waals surface area contributed by atoms with Gasteiger partial charge in [-0.1, -0.05) is 0 Å². The van der Waals surface area contributed by atoms with Crippen LogP contribution in [-0.2, 0) is 0 Å². The predicted molar refractivity (Wildman–Crippen MR) is 117 cm³/mol. The molecule has 0 amide bonds. The van der Waals surface area contributed by atoms with Crippen molar-refractivity contribution in [2.24, 2.45) is 0 Å². The number of nitrogens with zero attached hydrogens (tertiary/aromatic N) is 4. The Labute approximate surface area is 177 Å². The number of anilines is 1. The number of hydrogen-bond donors (Lipinski definition) is 1. The maximum atomic E-state index is 13.3.